The minimum absolute atomic E-state index is 0.0289. The molecule has 320 valence electrons. The Labute approximate surface area is 353 Å². The summed E-state index contributed by atoms with van der Waals surface area (Å²) in [6.07, 6.45) is 2.57. The zero-order valence-electron chi connectivity index (χ0n) is 33.7. The summed E-state index contributed by atoms with van der Waals surface area (Å²) in [6.45, 7) is 2.04. The molecule has 0 bridgehead atoms. The van der Waals surface area contributed by atoms with Gasteiger partial charge in [-0.2, -0.15) is 0 Å². The zero-order chi connectivity index (χ0) is 43.3. The average Bonchev–Trinajstić information content (AvgIpc) is 3.69. The van der Waals surface area contributed by atoms with Crippen molar-refractivity contribution in [1.82, 2.24) is 10.2 Å². The van der Waals surface area contributed by atoms with E-state index in [1.54, 1.807) is 37.3 Å². The second-order valence-corrected chi connectivity index (χ2v) is 16.2. The molecule has 3 amide bonds. The van der Waals surface area contributed by atoms with Crippen LogP contribution in [-0.2, 0) is 40.1 Å². The lowest BCUT2D eigenvalue weighted by molar-refractivity contribution is -0.144. The number of carbonyl (C=O) groups excluding carboxylic acids is 7. The molecule has 1 saturated carbocycles. The number of benzene rings is 3. The maximum absolute atomic E-state index is 14.8. The Hall–Kier alpha value is -5.14. The van der Waals surface area contributed by atoms with E-state index in [9.17, 15) is 42.3 Å². The number of hydrogen-bond acceptors (Lipinski definition) is 8. The second kappa shape index (κ2) is 21.9. The highest BCUT2D eigenvalue weighted by Gasteiger charge is 2.45. The van der Waals surface area contributed by atoms with Crippen LogP contribution in [0.15, 0.2) is 72.8 Å². The van der Waals surface area contributed by atoms with Gasteiger partial charge < -0.3 is 20.7 Å². The van der Waals surface area contributed by atoms with Gasteiger partial charge >= 0.3 is 0 Å². The zero-order valence-corrected chi connectivity index (χ0v) is 34.5. The van der Waals surface area contributed by atoms with Crippen molar-refractivity contribution in [3.63, 3.8) is 0 Å². The summed E-state index contributed by atoms with van der Waals surface area (Å²) in [7, 11) is 0. The summed E-state index contributed by atoms with van der Waals surface area (Å²) in [6, 6.07) is 17.0. The van der Waals surface area contributed by atoms with Crippen LogP contribution >= 0.6 is 11.6 Å². The average molecular weight is 848 g/mol. The van der Waals surface area contributed by atoms with Gasteiger partial charge in [-0.25, -0.2) is 8.78 Å². The van der Waals surface area contributed by atoms with Gasteiger partial charge in [-0.05, 0) is 48.4 Å². The summed E-state index contributed by atoms with van der Waals surface area (Å²) in [4.78, 5) is 96.0. The number of nitrogens with two attached hydrogens (primary N) is 1. The highest BCUT2D eigenvalue weighted by Crippen LogP contribution is 2.37. The summed E-state index contributed by atoms with van der Waals surface area (Å²) in [5, 5.41) is 2.24. The highest BCUT2D eigenvalue weighted by atomic mass is 35.5. The molecular weight excluding hydrogens is 796 g/mol. The molecule has 60 heavy (non-hydrogen) atoms. The van der Waals surface area contributed by atoms with Crippen LogP contribution in [0.1, 0.15) is 112 Å². The molecule has 1 aliphatic carbocycles. The molecule has 0 radical (unpaired) electrons. The van der Waals surface area contributed by atoms with Crippen LogP contribution in [0.2, 0.25) is 5.02 Å². The number of nitrogens with zero attached hydrogens (tertiary/aromatic N) is 1. The topological polar surface area (TPSA) is 170 Å². The fourth-order valence-electron chi connectivity index (χ4n) is 8.33. The van der Waals surface area contributed by atoms with E-state index in [4.69, 9.17) is 22.1 Å². The van der Waals surface area contributed by atoms with Gasteiger partial charge in [0.25, 0.3) is 0 Å². The maximum atomic E-state index is 14.8. The third-order valence-electron chi connectivity index (χ3n) is 11.5. The van der Waals surface area contributed by atoms with Crippen LogP contribution in [-0.4, -0.2) is 64.4 Å². The van der Waals surface area contributed by atoms with Crippen molar-refractivity contribution in [1.29, 1.82) is 0 Å². The first kappa shape index (κ1) is 45.9. The summed E-state index contributed by atoms with van der Waals surface area (Å²) in [5.41, 5.74) is 6.60. The molecule has 5 atom stereocenters. The molecule has 14 heteroatoms. The number of Topliss-reactive ketones (excluding diaryl/α,β-unsaturated/α-hetero) is 4. The molecule has 0 aromatic heterocycles. The number of primary amides is 1. The Balaban J connectivity index is 1.33. The lowest BCUT2D eigenvalue weighted by Crippen LogP contribution is -2.47. The summed E-state index contributed by atoms with van der Waals surface area (Å²) in [5.74, 6) is -9.25. The van der Waals surface area contributed by atoms with Crippen molar-refractivity contribution in [2.75, 3.05) is 6.54 Å². The van der Waals surface area contributed by atoms with Crippen molar-refractivity contribution < 1.29 is 47.1 Å². The first-order chi connectivity index (χ1) is 28.8. The third kappa shape index (κ3) is 12.2. The Kier molecular flexibility index (Phi) is 16.8. The Morgan fingerprint density at radius 2 is 1.53 bits per heavy atom. The second-order valence-electron chi connectivity index (χ2n) is 15.8. The number of carbonyl (C=O) groups is 7. The smallest absolute Gasteiger partial charge is 0.244 e. The first-order valence-electron chi connectivity index (χ1n) is 20.6. The van der Waals surface area contributed by atoms with Gasteiger partial charge in [0.1, 0.15) is 6.04 Å². The van der Waals surface area contributed by atoms with Gasteiger partial charge in [0, 0.05) is 56.0 Å². The predicted octanol–water partition coefficient (Wildman–Crippen LogP) is 7.21. The normalized spacial score (nSPS) is 18.3. The van der Waals surface area contributed by atoms with E-state index in [2.05, 4.69) is 5.32 Å². The molecule has 1 heterocycles. The van der Waals surface area contributed by atoms with Crippen molar-refractivity contribution in [2.24, 2.45) is 23.5 Å². The number of nitrogens with one attached hydrogen (secondary N) is 1. The van der Waals surface area contributed by atoms with Gasteiger partial charge in [-0.1, -0.05) is 105 Å². The summed E-state index contributed by atoms with van der Waals surface area (Å²) >= 11 is 6.18. The van der Waals surface area contributed by atoms with E-state index in [1.165, 1.54) is 4.90 Å². The monoisotopic (exact) mass is 847 g/mol. The van der Waals surface area contributed by atoms with E-state index in [-0.39, 0.29) is 55.3 Å². The Morgan fingerprint density at radius 1 is 0.883 bits per heavy atom. The molecular formula is C46H52ClF2N3O8. The predicted molar refractivity (Wildman–Crippen MR) is 219 cm³/mol. The summed E-state index contributed by atoms with van der Waals surface area (Å²) < 4.78 is 34.4. The van der Waals surface area contributed by atoms with E-state index in [0.717, 1.165) is 37.0 Å². The fraction of sp³-hybridized carbons (Fsp3) is 0.457. The lowest BCUT2D eigenvalue weighted by Gasteiger charge is -2.34. The molecule has 2 fully saturated rings. The van der Waals surface area contributed by atoms with E-state index in [0.29, 0.717) is 24.8 Å². The minimum Gasteiger partial charge on any atom is -0.372 e. The quantitative estimate of drug-likeness (QED) is 0.0644. The number of amides is 3. The maximum Gasteiger partial charge on any atom is 0.244 e. The van der Waals surface area contributed by atoms with Crippen LogP contribution < -0.4 is 11.1 Å². The van der Waals surface area contributed by atoms with Crippen LogP contribution in [0.5, 0.6) is 0 Å². The number of halogens is 3. The molecule has 3 aromatic carbocycles. The molecule has 3 N–H and O–H groups in total. The van der Waals surface area contributed by atoms with E-state index >= 15 is 0 Å². The van der Waals surface area contributed by atoms with E-state index < -0.39 is 95.4 Å². The number of likely N-dealkylation sites (tertiary alicyclic amines) is 1. The van der Waals surface area contributed by atoms with Crippen molar-refractivity contribution >= 4 is 52.5 Å². The van der Waals surface area contributed by atoms with Crippen molar-refractivity contribution in [2.45, 2.75) is 109 Å². The molecule has 2 aliphatic rings. The van der Waals surface area contributed by atoms with Gasteiger partial charge in [0.2, 0.25) is 23.5 Å². The minimum atomic E-state index is -1.25. The molecule has 1 saturated heterocycles. The fourth-order valence-corrected chi connectivity index (χ4v) is 8.59. The number of ketones is 4. The lowest BCUT2D eigenvalue weighted by atomic mass is 9.76. The largest absolute Gasteiger partial charge is 0.372 e. The molecule has 1 aliphatic heterocycles. The Bertz CT molecular complexity index is 2030. The van der Waals surface area contributed by atoms with Crippen LogP contribution in [0.4, 0.5) is 8.78 Å². The van der Waals surface area contributed by atoms with Gasteiger partial charge in [0.15, 0.2) is 29.0 Å². The van der Waals surface area contributed by atoms with Crippen LogP contribution in [0.3, 0.4) is 0 Å². The van der Waals surface area contributed by atoms with Gasteiger partial charge in [0.05, 0.1) is 23.8 Å². The number of ether oxygens (including phenoxy) is 1. The molecule has 5 rings (SSSR count). The molecule has 3 aromatic rings. The highest BCUT2D eigenvalue weighted by molar-refractivity contribution is 6.38. The van der Waals surface area contributed by atoms with Gasteiger partial charge in [-0.3, -0.25) is 33.6 Å². The van der Waals surface area contributed by atoms with E-state index in [1.807, 2.05) is 30.3 Å². The van der Waals surface area contributed by atoms with Gasteiger partial charge in [-0.15, -0.1) is 0 Å². The number of hydrogen-bond donors (Lipinski definition) is 2. The molecule has 11 nitrogen and oxygen atoms in total. The standard InChI is InChI=1S/C46H52ClF2N3O8/c1-2-12-31(44(57)39(53)19-20-42(56)51-43(45(50)58)30-17-10-5-11-18-30)21-41(55)38-22-32(60-27-28-13-6-3-7-14-28)26-52(38)46(59)33(29-15-8-4-9-16-29)24-40(54)34-23-36(48)37(49)25-35(34)47/h3,5-7,10-11,13-14,17-18,23,25,29,31-33,38,43H,2,4,8-9,12,15-16,19-22,24,26-27H2,1H3,(H2,50,58)(H,51,56)/t31?,32-,33?,38+,43-/m1/s1. The molecule has 0 spiro atoms. The molecule has 2 unspecified atom stereocenters. The van der Waals surface area contributed by atoms with Crippen LogP contribution in [0, 0.1) is 29.4 Å². The number of rotatable bonds is 21. The van der Waals surface area contributed by atoms with Crippen molar-refractivity contribution in [3.05, 3.63) is 106 Å². The van der Waals surface area contributed by atoms with Crippen molar-refractivity contribution in [3.8, 4) is 0 Å². The third-order valence-corrected chi connectivity index (χ3v) is 11.8. The SMILES string of the molecule is CCCC(CC(=O)[C@@H]1C[C@@H](OCc2ccccc2)CN1C(=O)C(CC(=O)c1cc(F)c(F)cc1Cl)C1CCCCC1)C(=O)C(=O)CCC(=O)N[C@@H](C(N)=O)c1ccccc1. The Morgan fingerprint density at radius 3 is 2.18 bits per heavy atom. The first-order valence-corrected chi connectivity index (χ1v) is 21.0. The van der Waals surface area contributed by atoms with Crippen LogP contribution in [0.25, 0.3) is 0 Å².